The van der Waals surface area contributed by atoms with Gasteiger partial charge in [-0.05, 0) is 35.7 Å². The van der Waals surface area contributed by atoms with Crippen LogP contribution in [0.25, 0.3) is 0 Å². The van der Waals surface area contributed by atoms with Gasteiger partial charge in [-0.3, -0.25) is 0 Å². The Labute approximate surface area is 106 Å². The van der Waals surface area contributed by atoms with Gasteiger partial charge in [0.25, 0.3) is 0 Å². The lowest BCUT2D eigenvalue weighted by molar-refractivity contribution is 0.555. The van der Waals surface area contributed by atoms with Crippen molar-refractivity contribution in [2.45, 2.75) is 18.5 Å². The zero-order valence-electron chi connectivity index (χ0n) is 9.94. The molecule has 0 radical (unpaired) electrons. The molecule has 0 amide bonds. The summed E-state index contributed by atoms with van der Waals surface area (Å²) in [7, 11) is 0. The molecule has 0 bridgehead atoms. The summed E-state index contributed by atoms with van der Waals surface area (Å²) in [4.78, 5) is 0. The molecule has 3 rings (SSSR count). The quantitative estimate of drug-likeness (QED) is 0.804. The third kappa shape index (κ3) is 1.97. The fraction of sp³-hybridized carbons (Fsp3) is 0.200. The Bertz CT molecular complexity index is 568. The first-order valence-corrected chi connectivity index (χ1v) is 6.10. The molecule has 2 aromatic carbocycles. The van der Waals surface area contributed by atoms with Crippen LogP contribution in [0.1, 0.15) is 29.6 Å². The zero-order chi connectivity index (χ0) is 12.5. The molecule has 0 saturated carbocycles. The average Bonchev–Trinajstić information content (AvgIpc) is 2.39. The molecule has 3 heteroatoms. The van der Waals surface area contributed by atoms with Crippen molar-refractivity contribution in [3.63, 3.8) is 0 Å². The molecule has 92 valence electrons. The fourth-order valence-corrected chi connectivity index (χ4v) is 2.52. The van der Waals surface area contributed by atoms with Crippen molar-refractivity contribution in [1.82, 2.24) is 0 Å². The minimum Gasteiger partial charge on any atom is -0.378 e. The van der Waals surface area contributed by atoms with Crippen molar-refractivity contribution in [2.24, 2.45) is 5.73 Å². The Morgan fingerprint density at radius 2 is 1.94 bits per heavy atom. The van der Waals surface area contributed by atoms with Crippen molar-refractivity contribution < 1.29 is 4.39 Å². The highest BCUT2D eigenvalue weighted by atomic mass is 19.1. The van der Waals surface area contributed by atoms with Crippen molar-refractivity contribution in [3.8, 4) is 0 Å². The molecule has 1 heterocycles. The second kappa shape index (κ2) is 4.42. The number of para-hydroxylation sites is 1. The molecule has 3 N–H and O–H groups in total. The summed E-state index contributed by atoms with van der Waals surface area (Å²) < 4.78 is 13.3. The molecule has 0 aromatic heterocycles. The summed E-state index contributed by atoms with van der Waals surface area (Å²) in [5, 5.41) is 3.42. The van der Waals surface area contributed by atoms with E-state index < -0.39 is 0 Å². The molecule has 1 aliphatic heterocycles. The molecule has 0 saturated heterocycles. The summed E-state index contributed by atoms with van der Waals surface area (Å²) in [6.45, 7) is 0. The molecule has 0 fully saturated rings. The molecule has 2 atom stereocenters. The van der Waals surface area contributed by atoms with Crippen molar-refractivity contribution in [2.75, 3.05) is 5.32 Å². The second-order valence-corrected chi connectivity index (χ2v) is 4.68. The normalized spacial score (nSPS) is 22.1. The summed E-state index contributed by atoms with van der Waals surface area (Å²) in [6.07, 6.45) is 0.778. The highest BCUT2D eigenvalue weighted by Crippen LogP contribution is 2.37. The summed E-state index contributed by atoms with van der Waals surface area (Å²) in [6, 6.07) is 14.8. The number of hydrogen-bond acceptors (Lipinski definition) is 2. The van der Waals surface area contributed by atoms with E-state index in [4.69, 9.17) is 5.73 Å². The van der Waals surface area contributed by atoms with E-state index in [1.165, 1.54) is 6.07 Å². The molecular formula is C15H15FN2. The SMILES string of the molecule is NC1CC(c2cccc(F)c2)Nc2ccccc21. The van der Waals surface area contributed by atoms with Crippen LogP contribution in [0.2, 0.25) is 0 Å². The smallest absolute Gasteiger partial charge is 0.123 e. The number of fused-ring (bicyclic) bond motifs is 1. The number of halogens is 1. The van der Waals surface area contributed by atoms with E-state index in [2.05, 4.69) is 5.32 Å². The molecular weight excluding hydrogens is 227 g/mol. The Hall–Kier alpha value is -1.87. The minimum absolute atomic E-state index is 0.00397. The number of nitrogens with one attached hydrogen (secondary N) is 1. The summed E-state index contributed by atoms with van der Waals surface area (Å²) in [5.74, 6) is -0.207. The fourth-order valence-electron chi connectivity index (χ4n) is 2.52. The standard InChI is InChI=1S/C15H15FN2/c16-11-5-3-4-10(8-11)15-9-13(17)12-6-1-2-7-14(12)18-15/h1-8,13,15,18H,9,17H2. The molecule has 2 unspecified atom stereocenters. The maximum absolute atomic E-state index is 13.3. The van der Waals surface area contributed by atoms with E-state index in [9.17, 15) is 4.39 Å². The molecule has 2 aromatic rings. The van der Waals surface area contributed by atoms with Gasteiger partial charge in [-0.1, -0.05) is 30.3 Å². The van der Waals surface area contributed by atoms with Gasteiger partial charge in [0, 0.05) is 11.7 Å². The van der Waals surface area contributed by atoms with Crippen molar-refractivity contribution >= 4 is 5.69 Å². The van der Waals surface area contributed by atoms with Crippen molar-refractivity contribution in [1.29, 1.82) is 0 Å². The van der Waals surface area contributed by atoms with E-state index in [1.807, 2.05) is 30.3 Å². The van der Waals surface area contributed by atoms with Gasteiger partial charge in [0.05, 0.1) is 6.04 Å². The third-order valence-electron chi connectivity index (χ3n) is 3.43. The van der Waals surface area contributed by atoms with E-state index in [-0.39, 0.29) is 17.9 Å². The van der Waals surface area contributed by atoms with Crippen LogP contribution in [-0.4, -0.2) is 0 Å². The molecule has 2 nitrogen and oxygen atoms in total. The first-order chi connectivity index (χ1) is 8.74. The monoisotopic (exact) mass is 242 g/mol. The lowest BCUT2D eigenvalue weighted by Gasteiger charge is -2.31. The van der Waals surface area contributed by atoms with Gasteiger partial charge in [-0.15, -0.1) is 0 Å². The Morgan fingerprint density at radius 3 is 2.78 bits per heavy atom. The van der Waals surface area contributed by atoms with E-state index in [0.29, 0.717) is 0 Å². The van der Waals surface area contributed by atoms with Gasteiger partial charge in [0.2, 0.25) is 0 Å². The van der Waals surface area contributed by atoms with E-state index in [0.717, 1.165) is 23.2 Å². The first kappa shape index (κ1) is 11.2. The van der Waals surface area contributed by atoms with E-state index >= 15 is 0 Å². The average molecular weight is 242 g/mol. The van der Waals surface area contributed by atoms with Gasteiger partial charge < -0.3 is 11.1 Å². The molecule has 0 spiro atoms. The van der Waals surface area contributed by atoms with Crippen LogP contribution in [0.15, 0.2) is 48.5 Å². The number of nitrogens with two attached hydrogens (primary N) is 1. The summed E-state index contributed by atoms with van der Waals surface area (Å²) >= 11 is 0. The van der Waals surface area contributed by atoms with Crippen LogP contribution in [0.4, 0.5) is 10.1 Å². The number of benzene rings is 2. The van der Waals surface area contributed by atoms with Crippen LogP contribution in [0.5, 0.6) is 0 Å². The maximum Gasteiger partial charge on any atom is 0.123 e. The Balaban J connectivity index is 1.94. The van der Waals surface area contributed by atoms with Gasteiger partial charge in [-0.2, -0.15) is 0 Å². The lowest BCUT2D eigenvalue weighted by atomic mass is 9.90. The van der Waals surface area contributed by atoms with Gasteiger partial charge >= 0.3 is 0 Å². The van der Waals surface area contributed by atoms with Crippen LogP contribution in [-0.2, 0) is 0 Å². The van der Waals surface area contributed by atoms with Crippen LogP contribution in [0.3, 0.4) is 0 Å². The second-order valence-electron chi connectivity index (χ2n) is 4.68. The molecule has 18 heavy (non-hydrogen) atoms. The number of anilines is 1. The topological polar surface area (TPSA) is 38.0 Å². The van der Waals surface area contributed by atoms with Crippen LogP contribution < -0.4 is 11.1 Å². The number of hydrogen-bond donors (Lipinski definition) is 2. The van der Waals surface area contributed by atoms with Crippen LogP contribution >= 0.6 is 0 Å². The third-order valence-corrected chi connectivity index (χ3v) is 3.43. The van der Waals surface area contributed by atoms with Gasteiger partial charge in [-0.25, -0.2) is 4.39 Å². The maximum atomic E-state index is 13.3. The Morgan fingerprint density at radius 1 is 1.11 bits per heavy atom. The Kier molecular flexibility index (Phi) is 2.76. The van der Waals surface area contributed by atoms with Gasteiger partial charge in [0.1, 0.15) is 5.82 Å². The van der Waals surface area contributed by atoms with Crippen molar-refractivity contribution in [3.05, 3.63) is 65.5 Å². The predicted molar refractivity (Wildman–Crippen MR) is 70.8 cm³/mol. The highest BCUT2D eigenvalue weighted by Gasteiger charge is 2.24. The first-order valence-electron chi connectivity index (χ1n) is 6.10. The van der Waals surface area contributed by atoms with Gasteiger partial charge in [0.15, 0.2) is 0 Å². The van der Waals surface area contributed by atoms with Crippen LogP contribution in [0, 0.1) is 5.82 Å². The lowest BCUT2D eigenvalue weighted by Crippen LogP contribution is -2.26. The number of rotatable bonds is 1. The molecule has 1 aliphatic rings. The molecule has 0 aliphatic carbocycles. The zero-order valence-corrected chi connectivity index (χ0v) is 9.94. The minimum atomic E-state index is -0.207. The summed E-state index contributed by atoms with van der Waals surface area (Å²) in [5.41, 5.74) is 9.30. The van der Waals surface area contributed by atoms with E-state index in [1.54, 1.807) is 12.1 Å². The predicted octanol–water partition coefficient (Wildman–Crippen LogP) is 3.38. The highest BCUT2D eigenvalue weighted by molar-refractivity contribution is 5.56. The largest absolute Gasteiger partial charge is 0.378 e.